The Balaban J connectivity index is 0.00000220. The smallest absolute Gasteiger partial charge is 0.240 e. The number of hydrogen-bond acceptors (Lipinski definition) is 3. The van der Waals surface area contributed by atoms with Crippen LogP contribution in [0.1, 0.15) is 44.6 Å². The van der Waals surface area contributed by atoms with Gasteiger partial charge in [-0.2, -0.15) is 11.8 Å². The van der Waals surface area contributed by atoms with E-state index < -0.39 is 6.04 Å². The maximum Gasteiger partial charge on any atom is 0.240 e. The van der Waals surface area contributed by atoms with Crippen molar-refractivity contribution in [3.63, 3.8) is 0 Å². The Hall–Kier alpha value is -0.710. The molecule has 3 nitrogen and oxygen atoms in total. The lowest BCUT2D eigenvalue weighted by atomic mass is 10.0. The summed E-state index contributed by atoms with van der Waals surface area (Å²) in [5, 5.41) is 3.66. The first-order chi connectivity index (χ1) is 9.65. The average Bonchev–Trinajstić information content (AvgIpc) is 2.46. The number of halogens is 1. The number of carbonyl (C=O) groups is 1. The Bertz CT molecular complexity index is 448. The van der Waals surface area contributed by atoms with Crippen molar-refractivity contribution < 1.29 is 4.79 Å². The summed E-state index contributed by atoms with van der Waals surface area (Å²) in [7, 11) is 0. The van der Waals surface area contributed by atoms with Gasteiger partial charge in [-0.3, -0.25) is 4.79 Å². The number of amides is 1. The molecule has 3 N–H and O–H groups in total. The van der Waals surface area contributed by atoms with E-state index in [0.29, 0.717) is 0 Å². The van der Waals surface area contributed by atoms with Crippen LogP contribution in [0.3, 0.4) is 0 Å². The molecule has 2 rings (SSSR count). The molecule has 5 heteroatoms. The van der Waals surface area contributed by atoms with Gasteiger partial charge in [-0.15, -0.1) is 12.4 Å². The van der Waals surface area contributed by atoms with Gasteiger partial charge in [0.05, 0.1) is 6.04 Å². The van der Waals surface area contributed by atoms with Crippen molar-refractivity contribution in [1.82, 2.24) is 0 Å². The normalized spacial score (nSPS) is 16.9. The van der Waals surface area contributed by atoms with Gasteiger partial charge in [-0.05, 0) is 37.5 Å². The van der Waals surface area contributed by atoms with Crippen LogP contribution in [-0.2, 0) is 10.5 Å². The van der Waals surface area contributed by atoms with Crippen LogP contribution in [0.2, 0.25) is 0 Å². The van der Waals surface area contributed by atoms with E-state index >= 15 is 0 Å². The van der Waals surface area contributed by atoms with Gasteiger partial charge in [-0.25, -0.2) is 0 Å². The molecule has 1 aromatic carbocycles. The second kappa shape index (κ2) is 9.34. The second-order valence-electron chi connectivity index (χ2n) is 5.55. The molecular weight excluding hydrogens is 304 g/mol. The van der Waals surface area contributed by atoms with Gasteiger partial charge < -0.3 is 11.1 Å². The van der Waals surface area contributed by atoms with Crippen molar-refractivity contribution >= 4 is 35.8 Å². The third-order valence-electron chi connectivity index (χ3n) is 3.65. The molecule has 1 fully saturated rings. The molecule has 0 heterocycles. The number of rotatable bonds is 5. The minimum Gasteiger partial charge on any atom is -0.325 e. The Morgan fingerprint density at radius 2 is 2.10 bits per heavy atom. The van der Waals surface area contributed by atoms with Gasteiger partial charge in [0, 0.05) is 16.7 Å². The number of benzene rings is 1. The summed E-state index contributed by atoms with van der Waals surface area (Å²) in [6.45, 7) is 1.69. The lowest BCUT2D eigenvalue weighted by Gasteiger charge is -2.21. The lowest BCUT2D eigenvalue weighted by Crippen LogP contribution is -2.32. The fraction of sp³-hybridized carbons (Fsp3) is 0.562. The van der Waals surface area contributed by atoms with E-state index in [0.717, 1.165) is 16.7 Å². The first kappa shape index (κ1) is 18.3. The summed E-state index contributed by atoms with van der Waals surface area (Å²) < 4.78 is 0. The molecule has 0 bridgehead atoms. The highest BCUT2D eigenvalue weighted by atomic mass is 35.5. The van der Waals surface area contributed by atoms with Crippen molar-refractivity contribution in [2.45, 2.75) is 56.1 Å². The molecule has 1 aromatic rings. The van der Waals surface area contributed by atoms with Crippen molar-refractivity contribution in [2.75, 3.05) is 5.32 Å². The SMILES string of the molecule is C[C@@H](N)C(=O)Nc1cccc(CSC2CCCCC2)c1.Cl. The second-order valence-corrected chi connectivity index (χ2v) is 6.84. The molecule has 1 aliphatic carbocycles. The summed E-state index contributed by atoms with van der Waals surface area (Å²) in [5.74, 6) is 0.883. The summed E-state index contributed by atoms with van der Waals surface area (Å²) in [6.07, 6.45) is 6.86. The van der Waals surface area contributed by atoms with Crippen molar-refractivity contribution in [1.29, 1.82) is 0 Å². The van der Waals surface area contributed by atoms with Crippen LogP contribution in [0, 0.1) is 0 Å². The maximum atomic E-state index is 11.6. The minimum absolute atomic E-state index is 0. The predicted molar refractivity (Wildman–Crippen MR) is 94.1 cm³/mol. The Morgan fingerprint density at radius 3 is 2.76 bits per heavy atom. The highest BCUT2D eigenvalue weighted by Gasteiger charge is 2.14. The van der Waals surface area contributed by atoms with Gasteiger partial charge >= 0.3 is 0 Å². The average molecular weight is 329 g/mol. The molecule has 0 aromatic heterocycles. The molecule has 1 aliphatic rings. The van der Waals surface area contributed by atoms with Gasteiger partial charge in [0.1, 0.15) is 0 Å². The topological polar surface area (TPSA) is 55.1 Å². The third-order valence-corrected chi connectivity index (χ3v) is 5.09. The van der Waals surface area contributed by atoms with Gasteiger partial charge in [0.15, 0.2) is 0 Å². The van der Waals surface area contributed by atoms with E-state index in [-0.39, 0.29) is 18.3 Å². The fourth-order valence-corrected chi connectivity index (χ4v) is 3.72. The summed E-state index contributed by atoms with van der Waals surface area (Å²) in [6, 6.07) is 7.60. The maximum absolute atomic E-state index is 11.6. The minimum atomic E-state index is -0.477. The molecular formula is C16H25ClN2OS. The number of carbonyl (C=O) groups excluding carboxylic acids is 1. The summed E-state index contributed by atoms with van der Waals surface area (Å²) in [4.78, 5) is 11.6. The largest absolute Gasteiger partial charge is 0.325 e. The van der Waals surface area contributed by atoms with Crippen molar-refractivity contribution in [2.24, 2.45) is 5.73 Å². The zero-order valence-electron chi connectivity index (χ0n) is 12.5. The standard InChI is InChI=1S/C16H24N2OS.ClH/c1-12(17)16(19)18-14-7-5-6-13(10-14)11-20-15-8-3-2-4-9-15;/h5-7,10,12,15H,2-4,8-9,11,17H2,1H3,(H,18,19);1H/t12-;/m1./s1. The van der Waals surface area contributed by atoms with Crippen LogP contribution in [0.25, 0.3) is 0 Å². The number of anilines is 1. The van der Waals surface area contributed by atoms with Gasteiger partial charge in [0.2, 0.25) is 5.91 Å². The van der Waals surface area contributed by atoms with Crippen molar-refractivity contribution in [3.05, 3.63) is 29.8 Å². The van der Waals surface area contributed by atoms with E-state index in [4.69, 9.17) is 5.73 Å². The van der Waals surface area contributed by atoms with Crippen LogP contribution in [0.5, 0.6) is 0 Å². The molecule has 0 unspecified atom stereocenters. The molecule has 118 valence electrons. The third kappa shape index (κ3) is 6.29. The van der Waals surface area contributed by atoms with Crippen LogP contribution in [-0.4, -0.2) is 17.2 Å². The number of hydrogen-bond donors (Lipinski definition) is 2. The predicted octanol–water partition coefficient (Wildman–Crippen LogP) is 3.96. The zero-order valence-corrected chi connectivity index (χ0v) is 14.1. The van der Waals surface area contributed by atoms with Crippen LogP contribution in [0.4, 0.5) is 5.69 Å². The fourth-order valence-electron chi connectivity index (χ4n) is 2.44. The van der Waals surface area contributed by atoms with Crippen LogP contribution in [0.15, 0.2) is 24.3 Å². The van der Waals surface area contributed by atoms with Crippen LogP contribution >= 0.6 is 24.2 Å². The lowest BCUT2D eigenvalue weighted by molar-refractivity contribution is -0.117. The first-order valence-corrected chi connectivity index (χ1v) is 8.47. The van der Waals surface area contributed by atoms with E-state index in [1.165, 1.54) is 37.7 Å². The number of nitrogens with one attached hydrogen (secondary N) is 1. The number of nitrogens with two attached hydrogens (primary N) is 1. The van der Waals surface area contributed by atoms with E-state index in [2.05, 4.69) is 17.4 Å². The van der Waals surface area contributed by atoms with Gasteiger partial charge in [-0.1, -0.05) is 31.4 Å². The monoisotopic (exact) mass is 328 g/mol. The van der Waals surface area contributed by atoms with E-state index in [1.807, 2.05) is 23.9 Å². The molecule has 1 amide bonds. The highest BCUT2D eigenvalue weighted by molar-refractivity contribution is 7.99. The highest BCUT2D eigenvalue weighted by Crippen LogP contribution is 2.30. The first-order valence-electron chi connectivity index (χ1n) is 7.42. The Morgan fingerprint density at radius 1 is 1.38 bits per heavy atom. The Kier molecular flexibility index (Phi) is 8.15. The molecule has 21 heavy (non-hydrogen) atoms. The van der Waals surface area contributed by atoms with E-state index in [9.17, 15) is 4.79 Å². The van der Waals surface area contributed by atoms with Gasteiger partial charge in [0.25, 0.3) is 0 Å². The number of thioether (sulfide) groups is 1. The molecule has 1 saturated carbocycles. The van der Waals surface area contributed by atoms with E-state index in [1.54, 1.807) is 6.92 Å². The molecule has 0 radical (unpaired) electrons. The molecule has 0 aliphatic heterocycles. The molecule has 1 atom stereocenters. The summed E-state index contributed by atoms with van der Waals surface area (Å²) in [5.41, 5.74) is 7.67. The quantitative estimate of drug-likeness (QED) is 0.860. The van der Waals surface area contributed by atoms with Crippen LogP contribution < -0.4 is 11.1 Å². The Labute approximate surface area is 137 Å². The summed E-state index contributed by atoms with van der Waals surface area (Å²) >= 11 is 2.05. The van der Waals surface area contributed by atoms with Crippen molar-refractivity contribution in [3.8, 4) is 0 Å². The molecule has 0 spiro atoms. The molecule has 0 saturated heterocycles. The zero-order chi connectivity index (χ0) is 14.4.